The Balaban J connectivity index is 1.33. The number of hydrogen-bond acceptors (Lipinski definition) is 9. The molecule has 0 saturated carbocycles. The highest BCUT2D eigenvalue weighted by Crippen LogP contribution is 2.31. The SMILES string of the molecule is CCN(CC)c1ccc(C=C(C#N)C(=O)Oc2ccc(Sc3ccc(OC(=O)C(C#N)=Cc4ccc(N(CCCl)CCCl)cc4)cc3)cc2)c(C)c1. The van der Waals surface area contributed by atoms with Crippen molar-refractivity contribution < 1.29 is 19.1 Å². The molecule has 8 nitrogen and oxygen atoms in total. The maximum absolute atomic E-state index is 12.8. The molecule has 0 aliphatic carbocycles. The van der Waals surface area contributed by atoms with E-state index in [1.54, 1.807) is 54.6 Å². The molecule has 0 N–H and O–H groups in total. The summed E-state index contributed by atoms with van der Waals surface area (Å²) in [4.78, 5) is 31.7. The summed E-state index contributed by atoms with van der Waals surface area (Å²) >= 11 is 13.3. The van der Waals surface area contributed by atoms with Gasteiger partial charge in [0.25, 0.3) is 0 Å². The van der Waals surface area contributed by atoms with Gasteiger partial charge in [-0.25, -0.2) is 9.59 Å². The van der Waals surface area contributed by atoms with Gasteiger partial charge in [-0.15, -0.1) is 23.2 Å². The van der Waals surface area contributed by atoms with E-state index < -0.39 is 11.9 Å². The number of benzene rings is 4. The quantitative estimate of drug-likeness (QED) is 0.0364. The third kappa shape index (κ3) is 11.2. The van der Waals surface area contributed by atoms with Gasteiger partial charge in [-0.3, -0.25) is 0 Å². The van der Waals surface area contributed by atoms with Gasteiger partial charge in [-0.1, -0.05) is 30.0 Å². The molecule has 0 aromatic heterocycles. The normalized spacial score (nSPS) is 11.3. The third-order valence-electron chi connectivity index (χ3n) is 7.94. The average Bonchev–Trinajstić information content (AvgIpc) is 3.15. The largest absolute Gasteiger partial charge is 0.422 e. The lowest BCUT2D eigenvalue weighted by atomic mass is 10.0. The maximum Gasteiger partial charge on any atom is 0.354 e. The molecule has 0 fully saturated rings. The predicted octanol–water partition coefficient (Wildman–Crippen LogP) is 9.30. The Kier molecular flexibility index (Phi) is 15.2. The van der Waals surface area contributed by atoms with Crippen molar-refractivity contribution in [3.8, 4) is 23.6 Å². The zero-order valence-corrected chi connectivity index (χ0v) is 31.5. The fourth-order valence-corrected chi connectivity index (χ4v) is 6.39. The van der Waals surface area contributed by atoms with Crippen LogP contribution in [0.25, 0.3) is 12.2 Å². The number of carbonyl (C=O) groups is 2. The standard InChI is InChI=1S/C41H38Cl2N4O4S/c1-4-46(5-2)35-11-8-31(29(3)24-35)26-33(28-45)41(49)51-37-14-18-39(19-15-37)52-38-16-12-36(13-17-38)50-40(48)32(27-44)25-30-6-9-34(10-7-30)47(22-20-42)23-21-43/h6-19,24-26H,4-5,20-23H2,1-3H3. The molecule has 266 valence electrons. The van der Waals surface area contributed by atoms with Crippen LogP contribution in [0.3, 0.4) is 0 Å². The molecule has 0 bridgehead atoms. The van der Waals surface area contributed by atoms with Gasteiger partial charge in [0, 0.05) is 59.1 Å². The number of anilines is 2. The zero-order chi connectivity index (χ0) is 37.5. The zero-order valence-electron chi connectivity index (χ0n) is 29.1. The van der Waals surface area contributed by atoms with Crippen molar-refractivity contribution >= 4 is 70.4 Å². The van der Waals surface area contributed by atoms with Crippen LogP contribution < -0.4 is 19.3 Å². The van der Waals surface area contributed by atoms with Crippen molar-refractivity contribution in [1.29, 1.82) is 10.5 Å². The predicted molar refractivity (Wildman–Crippen MR) is 210 cm³/mol. The first-order valence-electron chi connectivity index (χ1n) is 16.6. The molecule has 52 heavy (non-hydrogen) atoms. The van der Waals surface area contributed by atoms with Crippen molar-refractivity contribution in [3.63, 3.8) is 0 Å². The van der Waals surface area contributed by atoms with Gasteiger partial charge in [-0.2, -0.15) is 10.5 Å². The van der Waals surface area contributed by atoms with Crippen LogP contribution in [-0.2, 0) is 9.59 Å². The van der Waals surface area contributed by atoms with Crippen molar-refractivity contribution in [1.82, 2.24) is 0 Å². The molecule has 4 rings (SSSR count). The van der Waals surface area contributed by atoms with Crippen LogP contribution in [0, 0.1) is 29.6 Å². The number of carbonyl (C=O) groups excluding carboxylic acids is 2. The third-order valence-corrected chi connectivity index (χ3v) is 9.30. The minimum atomic E-state index is -0.763. The number of halogens is 2. The smallest absolute Gasteiger partial charge is 0.354 e. The van der Waals surface area contributed by atoms with Gasteiger partial charge < -0.3 is 19.3 Å². The lowest BCUT2D eigenvalue weighted by molar-refractivity contribution is -0.130. The molecule has 0 aliphatic rings. The number of alkyl halides is 2. The number of aryl methyl sites for hydroxylation is 1. The molecule has 0 saturated heterocycles. The maximum atomic E-state index is 12.8. The summed E-state index contributed by atoms with van der Waals surface area (Å²) in [6, 6.07) is 31.0. The molecule has 0 aliphatic heterocycles. The minimum Gasteiger partial charge on any atom is -0.422 e. The van der Waals surface area contributed by atoms with E-state index in [-0.39, 0.29) is 11.1 Å². The first-order chi connectivity index (χ1) is 25.2. The fourth-order valence-electron chi connectivity index (χ4n) is 5.17. The van der Waals surface area contributed by atoms with E-state index in [9.17, 15) is 20.1 Å². The highest BCUT2D eigenvalue weighted by molar-refractivity contribution is 7.99. The molecule has 4 aromatic rings. The van der Waals surface area contributed by atoms with Gasteiger partial charge >= 0.3 is 11.9 Å². The summed E-state index contributed by atoms with van der Waals surface area (Å²) in [5, 5.41) is 19.3. The Bertz CT molecular complexity index is 1970. The lowest BCUT2D eigenvalue weighted by Gasteiger charge is -2.22. The van der Waals surface area contributed by atoms with Crippen molar-refractivity contribution in [2.75, 3.05) is 47.7 Å². The first kappa shape index (κ1) is 39.6. The second-order valence-corrected chi connectivity index (χ2v) is 13.2. The van der Waals surface area contributed by atoms with Crippen molar-refractivity contribution in [2.24, 2.45) is 0 Å². The number of nitrogens with zero attached hydrogens (tertiary/aromatic N) is 4. The van der Waals surface area contributed by atoms with Crippen LogP contribution in [0.15, 0.2) is 112 Å². The molecule has 0 atom stereocenters. The molecule has 0 amide bonds. The Morgan fingerprint density at radius 3 is 1.62 bits per heavy atom. The van der Waals surface area contributed by atoms with Crippen LogP contribution in [0.5, 0.6) is 11.5 Å². The Hall–Kier alpha value is -5.19. The van der Waals surface area contributed by atoms with E-state index in [1.807, 2.05) is 61.5 Å². The Morgan fingerprint density at radius 1 is 0.692 bits per heavy atom. The summed E-state index contributed by atoms with van der Waals surface area (Å²) < 4.78 is 11.0. The summed E-state index contributed by atoms with van der Waals surface area (Å²) in [6.07, 6.45) is 3.03. The van der Waals surface area contributed by atoms with E-state index in [0.29, 0.717) is 41.9 Å². The van der Waals surface area contributed by atoms with Crippen LogP contribution in [0.4, 0.5) is 11.4 Å². The Labute approximate surface area is 319 Å². The van der Waals surface area contributed by atoms with E-state index >= 15 is 0 Å². The van der Waals surface area contributed by atoms with E-state index in [0.717, 1.165) is 45.4 Å². The first-order valence-corrected chi connectivity index (χ1v) is 18.5. The van der Waals surface area contributed by atoms with Gasteiger partial charge in [0.05, 0.1) is 0 Å². The molecule has 0 heterocycles. The molecule has 0 unspecified atom stereocenters. The average molecular weight is 754 g/mol. The van der Waals surface area contributed by atoms with Crippen LogP contribution in [0.1, 0.15) is 30.5 Å². The topological polar surface area (TPSA) is 107 Å². The van der Waals surface area contributed by atoms with Crippen LogP contribution in [-0.4, -0.2) is 49.9 Å². The summed E-state index contributed by atoms with van der Waals surface area (Å²) in [6.45, 7) is 9.21. The fraction of sp³-hybridized carbons (Fsp3) is 0.220. The Morgan fingerprint density at radius 2 is 1.17 bits per heavy atom. The molecular weight excluding hydrogens is 715 g/mol. The number of ether oxygens (including phenoxy) is 2. The van der Waals surface area contributed by atoms with Crippen molar-refractivity contribution in [2.45, 2.75) is 30.6 Å². The minimum absolute atomic E-state index is 0.0993. The van der Waals surface area contributed by atoms with E-state index in [4.69, 9.17) is 32.7 Å². The van der Waals surface area contributed by atoms with Crippen LogP contribution >= 0.6 is 35.0 Å². The molecule has 0 radical (unpaired) electrons. The monoisotopic (exact) mass is 752 g/mol. The second-order valence-electron chi connectivity index (χ2n) is 11.3. The molecule has 0 spiro atoms. The number of esters is 2. The molecule has 11 heteroatoms. The summed E-state index contributed by atoms with van der Waals surface area (Å²) in [5.41, 5.74) is 4.19. The van der Waals surface area contributed by atoms with Gasteiger partial charge in [0.15, 0.2) is 0 Å². The number of hydrogen-bond donors (Lipinski definition) is 0. The van der Waals surface area contributed by atoms with E-state index in [1.165, 1.54) is 17.8 Å². The van der Waals surface area contributed by atoms with E-state index in [2.05, 4.69) is 23.6 Å². The molecule has 4 aromatic carbocycles. The highest BCUT2D eigenvalue weighted by Gasteiger charge is 2.15. The summed E-state index contributed by atoms with van der Waals surface area (Å²) in [5.74, 6) is 0.0336. The number of nitriles is 2. The van der Waals surface area contributed by atoms with Gasteiger partial charge in [0.2, 0.25) is 0 Å². The molecular formula is C41H38Cl2N4O4S. The second kappa shape index (κ2) is 20.0. The highest BCUT2D eigenvalue weighted by atomic mass is 35.5. The number of rotatable bonds is 16. The van der Waals surface area contributed by atoms with Crippen molar-refractivity contribution in [3.05, 3.63) is 119 Å². The summed E-state index contributed by atoms with van der Waals surface area (Å²) in [7, 11) is 0. The van der Waals surface area contributed by atoms with Gasteiger partial charge in [0.1, 0.15) is 34.8 Å². The lowest BCUT2D eigenvalue weighted by Crippen LogP contribution is -2.27. The van der Waals surface area contributed by atoms with Gasteiger partial charge in [-0.05, 0) is 122 Å². The van der Waals surface area contributed by atoms with Crippen LogP contribution in [0.2, 0.25) is 0 Å².